The smallest absolute Gasteiger partial charge is 0.254 e. The van der Waals surface area contributed by atoms with Crippen LogP contribution in [0.4, 0.5) is 5.82 Å². The van der Waals surface area contributed by atoms with Crippen molar-refractivity contribution < 1.29 is 4.79 Å². The lowest BCUT2D eigenvalue weighted by Gasteiger charge is -2.36. The summed E-state index contributed by atoms with van der Waals surface area (Å²) >= 11 is 0. The van der Waals surface area contributed by atoms with Crippen LogP contribution in [0.1, 0.15) is 41.2 Å². The highest BCUT2D eigenvalue weighted by Crippen LogP contribution is 2.32. The lowest BCUT2D eigenvalue weighted by molar-refractivity contribution is 0.0611. The van der Waals surface area contributed by atoms with Crippen LogP contribution in [0.2, 0.25) is 0 Å². The molecule has 1 aromatic carbocycles. The quantitative estimate of drug-likeness (QED) is 0.942. The van der Waals surface area contributed by atoms with E-state index >= 15 is 0 Å². The van der Waals surface area contributed by atoms with Crippen molar-refractivity contribution in [2.75, 3.05) is 18.9 Å². The molecule has 4 nitrogen and oxygen atoms in total. The fourth-order valence-electron chi connectivity index (χ4n) is 3.02. The molecule has 22 heavy (non-hydrogen) atoms. The van der Waals surface area contributed by atoms with Crippen LogP contribution in [0, 0.1) is 0 Å². The first-order valence-corrected chi connectivity index (χ1v) is 7.79. The lowest BCUT2D eigenvalue weighted by atomic mass is 9.95. The number of aromatic nitrogens is 1. The molecule has 0 unspecified atom stereocenters. The highest BCUT2D eigenvalue weighted by Gasteiger charge is 2.28. The van der Waals surface area contributed by atoms with Crippen molar-refractivity contribution in [2.24, 2.45) is 0 Å². The second kappa shape index (κ2) is 6.60. The maximum atomic E-state index is 12.8. The summed E-state index contributed by atoms with van der Waals surface area (Å²) in [5.74, 6) is 0.962. The van der Waals surface area contributed by atoms with Crippen LogP contribution in [0.5, 0.6) is 0 Å². The number of anilines is 1. The summed E-state index contributed by atoms with van der Waals surface area (Å²) in [5, 5.41) is 3.03. The number of nitrogens with one attached hydrogen (secondary N) is 1. The average molecular weight is 295 g/mol. The molecule has 1 atom stereocenters. The Morgan fingerprint density at radius 2 is 2.00 bits per heavy atom. The molecule has 0 bridgehead atoms. The fraction of sp³-hybridized carbons (Fsp3) is 0.333. The van der Waals surface area contributed by atoms with E-state index in [2.05, 4.69) is 16.4 Å². The van der Waals surface area contributed by atoms with Gasteiger partial charge in [0.2, 0.25) is 0 Å². The Morgan fingerprint density at radius 3 is 2.68 bits per heavy atom. The number of amides is 1. The number of piperidine rings is 1. The SMILES string of the molecule is CNc1ccc([C@@H]2CCCCN2C(=O)c2ccccc2)cn1. The Hall–Kier alpha value is -2.36. The third-order valence-electron chi connectivity index (χ3n) is 4.21. The van der Waals surface area contributed by atoms with Gasteiger partial charge in [0.05, 0.1) is 6.04 Å². The zero-order valence-corrected chi connectivity index (χ0v) is 12.8. The predicted octanol–water partition coefficient (Wildman–Crippen LogP) is 3.49. The van der Waals surface area contributed by atoms with Crippen LogP contribution < -0.4 is 5.32 Å². The molecule has 114 valence electrons. The molecule has 4 heteroatoms. The molecule has 1 aliphatic heterocycles. The van der Waals surface area contributed by atoms with E-state index in [9.17, 15) is 4.79 Å². The number of pyridine rings is 1. The van der Waals surface area contributed by atoms with Gasteiger partial charge in [0.25, 0.3) is 5.91 Å². The van der Waals surface area contributed by atoms with Gasteiger partial charge in [-0.05, 0) is 43.0 Å². The first-order valence-electron chi connectivity index (χ1n) is 7.79. The van der Waals surface area contributed by atoms with Crippen molar-refractivity contribution >= 4 is 11.7 Å². The molecule has 1 aromatic heterocycles. The van der Waals surface area contributed by atoms with E-state index in [1.54, 1.807) is 0 Å². The summed E-state index contributed by atoms with van der Waals surface area (Å²) in [4.78, 5) is 19.2. The van der Waals surface area contributed by atoms with Gasteiger partial charge in [-0.2, -0.15) is 0 Å². The molecule has 3 rings (SSSR count). The Labute approximate surface area is 131 Å². The molecule has 0 aliphatic carbocycles. The zero-order valence-electron chi connectivity index (χ0n) is 12.8. The third kappa shape index (κ3) is 2.96. The summed E-state index contributed by atoms with van der Waals surface area (Å²) in [5.41, 5.74) is 1.87. The summed E-state index contributed by atoms with van der Waals surface area (Å²) in [6.07, 6.45) is 5.10. The molecule has 1 amide bonds. The van der Waals surface area contributed by atoms with Crippen LogP contribution in [0.25, 0.3) is 0 Å². The Morgan fingerprint density at radius 1 is 1.18 bits per heavy atom. The van der Waals surface area contributed by atoms with E-state index in [1.807, 2.05) is 54.5 Å². The van der Waals surface area contributed by atoms with Gasteiger partial charge in [0.15, 0.2) is 0 Å². The number of rotatable bonds is 3. The number of hydrogen-bond acceptors (Lipinski definition) is 3. The van der Waals surface area contributed by atoms with E-state index in [-0.39, 0.29) is 11.9 Å². The van der Waals surface area contributed by atoms with Crippen molar-refractivity contribution in [3.63, 3.8) is 0 Å². The molecular weight excluding hydrogens is 274 g/mol. The van der Waals surface area contributed by atoms with E-state index in [4.69, 9.17) is 0 Å². The van der Waals surface area contributed by atoms with Crippen molar-refractivity contribution in [2.45, 2.75) is 25.3 Å². The third-order valence-corrected chi connectivity index (χ3v) is 4.21. The van der Waals surface area contributed by atoms with Gasteiger partial charge in [0, 0.05) is 25.4 Å². The monoisotopic (exact) mass is 295 g/mol. The van der Waals surface area contributed by atoms with Gasteiger partial charge >= 0.3 is 0 Å². The maximum Gasteiger partial charge on any atom is 0.254 e. The molecule has 1 fully saturated rings. The van der Waals surface area contributed by atoms with Gasteiger partial charge in [-0.15, -0.1) is 0 Å². The number of nitrogens with zero attached hydrogens (tertiary/aromatic N) is 2. The van der Waals surface area contributed by atoms with Crippen LogP contribution in [-0.2, 0) is 0 Å². The van der Waals surface area contributed by atoms with Crippen molar-refractivity contribution in [3.8, 4) is 0 Å². The van der Waals surface area contributed by atoms with Gasteiger partial charge in [-0.3, -0.25) is 4.79 Å². The second-order valence-electron chi connectivity index (χ2n) is 5.60. The average Bonchev–Trinajstić information content (AvgIpc) is 2.62. The summed E-state index contributed by atoms with van der Waals surface area (Å²) in [6.45, 7) is 0.812. The normalized spacial score (nSPS) is 18.0. The molecule has 2 aromatic rings. The van der Waals surface area contributed by atoms with Crippen LogP contribution in [-0.4, -0.2) is 29.4 Å². The Kier molecular flexibility index (Phi) is 4.37. The van der Waals surface area contributed by atoms with Crippen molar-refractivity contribution in [1.29, 1.82) is 0 Å². The summed E-state index contributed by atoms with van der Waals surface area (Å²) in [7, 11) is 1.86. The molecule has 2 heterocycles. The van der Waals surface area contributed by atoms with E-state index in [0.29, 0.717) is 0 Å². The van der Waals surface area contributed by atoms with E-state index in [1.165, 1.54) is 0 Å². The van der Waals surface area contributed by atoms with Crippen LogP contribution in [0.3, 0.4) is 0 Å². The highest BCUT2D eigenvalue weighted by molar-refractivity contribution is 5.94. The van der Waals surface area contributed by atoms with Gasteiger partial charge < -0.3 is 10.2 Å². The van der Waals surface area contributed by atoms with Crippen molar-refractivity contribution in [1.82, 2.24) is 9.88 Å². The number of likely N-dealkylation sites (tertiary alicyclic amines) is 1. The minimum absolute atomic E-state index is 0.114. The summed E-state index contributed by atoms with van der Waals surface area (Å²) in [6, 6.07) is 13.7. The molecule has 1 aliphatic rings. The molecule has 0 spiro atoms. The number of hydrogen-bond donors (Lipinski definition) is 1. The standard InChI is InChI=1S/C18H21N3O/c1-19-17-11-10-15(13-20-17)16-9-5-6-12-21(16)18(22)14-7-3-2-4-8-14/h2-4,7-8,10-11,13,16H,5-6,9,12H2,1H3,(H,19,20)/t16-/m0/s1. The largest absolute Gasteiger partial charge is 0.373 e. The molecule has 1 saturated heterocycles. The predicted molar refractivity (Wildman–Crippen MR) is 87.9 cm³/mol. The van der Waals surface area contributed by atoms with Crippen LogP contribution >= 0.6 is 0 Å². The lowest BCUT2D eigenvalue weighted by Crippen LogP contribution is -2.38. The zero-order chi connectivity index (χ0) is 15.4. The van der Waals surface area contributed by atoms with Gasteiger partial charge in [0.1, 0.15) is 5.82 Å². The molecule has 0 saturated carbocycles. The van der Waals surface area contributed by atoms with E-state index < -0.39 is 0 Å². The first kappa shape index (κ1) is 14.6. The number of carbonyl (C=O) groups excluding carboxylic acids is 1. The minimum Gasteiger partial charge on any atom is -0.373 e. The molecular formula is C18H21N3O. The topological polar surface area (TPSA) is 45.2 Å². The van der Waals surface area contributed by atoms with Gasteiger partial charge in [-0.25, -0.2) is 4.98 Å². The second-order valence-corrected chi connectivity index (χ2v) is 5.60. The summed E-state index contributed by atoms with van der Waals surface area (Å²) < 4.78 is 0. The molecule has 1 N–H and O–H groups in total. The van der Waals surface area contributed by atoms with Crippen molar-refractivity contribution in [3.05, 3.63) is 59.8 Å². The molecule has 0 radical (unpaired) electrons. The minimum atomic E-state index is 0.114. The highest BCUT2D eigenvalue weighted by atomic mass is 16.2. The van der Waals surface area contributed by atoms with E-state index in [0.717, 1.165) is 42.8 Å². The Balaban J connectivity index is 1.86. The Bertz CT molecular complexity index is 625. The fourth-order valence-corrected chi connectivity index (χ4v) is 3.02. The van der Waals surface area contributed by atoms with Crippen LogP contribution in [0.15, 0.2) is 48.7 Å². The first-order chi connectivity index (χ1) is 10.8. The number of carbonyl (C=O) groups is 1. The maximum absolute atomic E-state index is 12.8. The van der Waals surface area contributed by atoms with Gasteiger partial charge in [-0.1, -0.05) is 24.3 Å². The number of benzene rings is 1.